The molecule has 1 aromatic rings. The number of hydrogen-bond donors (Lipinski definition) is 0. The highest BCUT2D eigenvalue weighted by molar-refractivity contribution is 6.27. The molecule has 0 N–H and O–H groups in total. The van der Waals surface area contributed by atoms with Crippen LogP contribution in [0.25, 0.3) is 0 Å². The largest absolute Gasteiger partial charge is 0.361 e. The number of piperidine rings is 1. The number of halogens is 1. The fourth-order valence-corrected chi connectivity index (χ4v) is 2.84. The van der Waals surface area contributed by atoms with Crippen molar-refractivity contribution in [1.82, 2.24) is 10.1 Å². The van der Waals surface area contributed by atoms with E-state index >= 15 is 0 Å². The van der Waals surface area contributed by atoms with Gasteiger partial charge in [0.25, 0.3) is 0 Å². The summed E-state index contributed by atoms with van der Waals surface area (Å²) in [4.78, 5) is 26.0. The lowest BCUT2D eigenvalue weighted by molar-refractivity contribution is -0.139. The van der Waals surface area contributed by atoms with E-state index in [1.54, 1.807) is 4.90 Å². The maximum absolute atomic E-state index is 12.5. The van der Waals surface area contributed by atoms with Gasteiger partial charge < -0.3 is 9.42 Å². The van der Waals surface area contributed by atoms with Gasteiger partial charge in [0.2, 0.25) is 5.91 Å². The van der Waals surface area contributed by atoms with Gasteiger partial charge in [0.05, 0.1) is 18.2 Å². The molecule has 1 saturated heterocycles. The molecule has 0 spiro atoms. The lowest BCUT2D eigenvalue weighted by Gasteiger charge is -2.34. The number of carbonyl (C=O) groups excluding carboxylic acids is 2. The van der Waals surface area contributed by atoms with Crippen molar-refractivity contribution in [2.24, 2.45) is 0 Å². The molecule has 0 bridgehead atoms. The Morgan fingerprint density at radius 3 is 2.73 bits per heavy atom. The molecular formula is C16H23ClN2O3. The molecule has 2 heterocycles. The first kappa shape index (κ1) is 17.0. The van der Waals surface area contributed by atoms with Crippen molar-refractivity contribution in [2.45, 2.75) is 57.9 Å². The normalized spacial score (nSPS) is 19.3. The summed E-state index contributed by atoms with van der Waals surface area (Å²) in [6.45, 7) is 6.69. The number of amides is 1. The second kappa shape index (κ2) is 6.82. The van der Waals surface area contributed by atoms with Gasteiger partial charge >= 0.3 is 0 Å². The predicted molar refractivity (Wildman–Crippen MR) is 84.0 cm³/mol. The van der Waals surface area contributed by atoms with Gasteiger partial charge in [0.1, 0.15) is 11.6 Å². The monoisotopic (exact) mass is 326 g/mol. The molecule has 1 aromatic heterocycles. The molecule has 22 heavy (non-hydrogen) atoms. The van der Waals surface area contributed by atoms with Crippen LogP contribution < -0.4 is 0 Å². The van der Waals surface area contributed by atoms with Crippen LogP contribution in [0.1, 0.15) is 51.5 Å². The zero-order valence-electron chi connectivity index (χ0n) is 13.4. The number of hydrogen-bond acceptors (Lipinski definition) is 4. The Labute approximate surface area is 136 Å². The first-order valence-corrected chi connectivity index (χ1v) is 8.20. The van der Waals surface area contributed by atoms with Crippen LogP contribution in [0.5, 0.6) is 0 Å². The second-order valence-corrected chi connectivity index (χ2v) is 7.08. The van der Waals surface area contributed by atoms with Crippen molar-refractivity contribution in [1.29, 1.82) is 0 Å². The number of Topliss-reactive ketones (excluding diaryl/α,β-unsaturated/α-hetero) is 1. The van der Waals surface area contributed by atoms with Gasteiger partial charge in [-0.15, -0.1) is 11.6 Å². The van der Waals surface area contributed by atoms with Crippen molar-refractivity contribution in [2.75, 3.05) is 12.4 Å². The topological polar surface area (TPSA) is 63.4 Å². The smallest absolute Gasteiger partial charge is 0.238 e. The van der Waals surface area contributed by atoms with Crippen molar-refractivity contribution in [3.8, 4) is 0 Å². The fraction of sp³-hybridized carbons (Fsp3) is 0.688. The van der Waals surface area contributed by atoms with Crippen molar-refractivity contribution >= 4 is 23.3 Å². The Balaban J connectivity index is 2.07. The Morgan fingerprint density at radius 1 is 1.41 bits per heavy atom. The SMILES string of the molecule is CC(C)(C)c1cc(CC(=O)[C@@H]2CCCCN2C(=O)CCl)no1. The third-order valence-electron chi connectivity index (χ3n) is 3.96. The van der Waals surface area contributed by atoms with Crippen LogP contribution in [0.4, 0.5) is 0 Å². The highest BCUT2D eigenvalue weighted by Crippen LogP contribution is 2.24. The molecule has 122 valence electrons. The molecular weight excluding hydrogens is 304 g/mol. The van der Waals surface area contributed by atoms with E-state index in [1.807, 2.05) is 26.8 Å². The minimum atomic E-state index is -0.380. The standard InChI is InChI=1S/C16H23ClN2O3/c1-16(2,3)14-9-11(18-22-14)8-13(20)12-6-4-5-7-19(12)15(21)10-17/h9,12H,4-8,10H2,1-3H3/t12-/m0/s1. The Morgan fingerprint density at radius 2 is 2.14 bits per heavy atom. The second-order valence-electron chi connectivity index (χ2n) is 6.81. The zero-order valence-corrected chi connectivity index (χ0v) is 14.2. The van der Waals surface area contributed by atoms with Gasteiger partial charge in [-0.05, 0) is 19.3 Å². The molecule has 6 heteroatoms. The Bertz CT molecular complexity index is 548. The van der Waals surface area contributed by atoms with Gasteiger partial charge in [0, 0.05) is 18.0 Å². The summed E-state index contributed by atoms with van der Waals surface area (Å²) in [6.07, 6.45) is 2.76. The van der Waals surface area contributed by atoms with Crippen LogP contribution in [0.15, 0.2) is 10.6 Å². The highest BCUT2D eigenvalue weighted by Gasteiger charge is 2.32. The molecule has 2 rings (SSSR count). The number of alkyl halides is 1. The van der Waals surface area contributed by atoms with Crippen LogP contribution in [0.2, 0.25) is 0 Å². The number of rotatable bonds is 4. The summed E-state index contributed by atoms with van der Waals surface area (Å²) in [5.41, 5.74) is 0.485. The summed E-state index contributed by atoms with van der Waals surface area (Å²) in [5, 5.41) is 3.98. The molecule has 1 amide bonds. The van der Waals surface area contributed by atoms with Crippen LogP contribution in [-0.2, 0) is 21.4 Å². The fourth-order valence-electron chi connectivity index (χ4n) is 2.69. The molecule has 5 nitrogen and oxygen atoms in total. The van der Waals surface area contributed by atoms with E-state index in [-0.39, 0.29) is 35.4 Å². The van der Waals surface area contributed by atoms with Crippen molar-refractivity contribution in [3.05, 3.63) is 17.5 Å². The zero-order chi connectivity index (χ0) is 16.3. The number of nitrogens with zero attached hydrogens (tertiary/aromatic N) is 2. The first-order chi connectivity index (χ1) is 10.3. The summed E-state index contributed by atoms with van der Waals surface area (Å²) >= 11 is 5.64. The van der Waals surface area contributed by atoms with Crippen molar-refractivity contribution < 1.29 is 14.1 Å². The molecule has 1 atom stereocenters. The minimum Gasteiger partial charge on any atom is -0.361 e. The van der Waals surface area contributed by atoms with Crippen LogP contribution in [-0.4, -0.2) is 40.2 Å². The summed E-state index contributed by atoms with van der Waals surface area (Å²) in [5.74, 6) is 0.511. The summed E-state index contributed by atoms with van der Waals surface area (Å²) in [7, 11) is 0. The molecule has 1 aliphatic heterocycles. The molecule has 1 aliphatic rings. The molecule has 0 radical (unpaired) electrons. The van der Waals surface area contributed by atoms with Crippen LogP contribution in [0.3, 0.4) is 0 Å². The van der Waals surface area contributed by atoms with E-state index in [0.29, 0.717) is 18.7 Å². The quantitative estimate of drug-likeness (QED) is 0.798. The molecule has 0 saturated carbocycles. The highest BCUT2D eigenvalue weighted by atomic mass is 35.5. The summed E-state index contributed by atoms with van der Waals surface area (Å²) < 4.78 is 5.31. The van der Waals surface area contributed by atoms with Gasteiger partial charge in [0.15, 0.2) is 5.78 Å². The van der Waals surface area contributed by atoms with E-state index in [0.717, 1.165) is 18.6 Å². The van der Waals surface area contributed by atoms with Gasteiger partial charge in [-0.2, -0.15) is 0 Å². The lowest BCUT2D eigenvalue weighted by atomic mass is 9.92. The molecule has 0 unspecified atom stereocenters. The van der Waals surface area contributed by atoms with Gasteiger partial charge in [-0.3, -0.25) is 9.59 Å². The Hall–Kier alpha value is -1.36. The van der Waals surface area contributed by atoms with E-state index in [4.69, 9.17) is 16.1 Å². The van der Waals surface area contributed by atoms with E-state index in [1.165, 1.54) is 0 Å². The number of likely N-dealkylation sites (tertiary alicyclic amines) is 1. The van der Waals surface area contributed by atoms with E-state index in [9.17, 15) is 9.59 Å². The summed E-state index contributed by atoms with van der Waals surface area (Å²) in [6, 6.07) is 1.45. The third-order valence-corrected chi connectivity index (χ3v) is 4.19. The lowest BCUT2D eigenvalue weighted by Crippen LogP contribution is -2.49. The average molecular weight is 327 g/mol. The average Bonchev–Trinajstić information content (AvgIpc) is 2.95. The maximum atomic E-state index is 12.5. The van der Waals surface area contributed by atoms with E-state index < -0.39 is 0 Å². The molecule has 1 fully saturated rings. The number of carbonyl (C=O) groups is 2. The minimum absolute atomic E-state index is 0.00641. The maximum Gasteiger partial charge on any atom is 0.238 e. The third kappa shape index (κ3) is 3.88. The number of ketones is 1. The van der Waals surface area contributed by atoms with Crippen molar-refractivity contribution in [3.63, 3.8) is 0 Å². The Kier molecular flexibility index (Phi) is 5.27. The molecule has 0 aromatic carbocycles. The van der Waals surface area contributed by atoms with Crippen LogP contribution in [0, 0.1) is 0 Å². The first-order valence-electron chi connectivity index (χ1n) is 7.67. The van der Waals surface area contributed by atoms with Crippen LogP contribution >= 0.6 is 11.6 Å². The molecule has 0 aliphatic carbocycles. The van der Waals surface area contributed by atoms with Gasteiger partial charge in [-0.25, -0.2) is 0 Å². The predicted octanol–water partition coefficient (Wildman–Crippen LogP) is 2.70. The number of aromatic nitrogens is 1. The van der Waals surface area contributed by atoms with Gasteiger partial charge in [-0.1, -0.05) is 25.9 Å². The van der Waals surface area contributed by atoms with E-state index in [2.05, 4.69) is 5.16 Å².